The summed E-state index contributed by atoms with van der Waals surface area (Å²) in [6.07, 6.45) is 0.144. The number of carbonyl (C=O) groups excluding carboxylic acids is 5. The molecular formula is C15H14N4O5. The van der Waals surface area contributed by atoms with Crippen molar-refractivity contribution in [3.8, 4) is 0 Å². The number of carbonyl (C=O) groups is 5. The minimum atomic E-state index is -1.02. The third kappa shape index (κ3) is 2.49. The molecule has 0 saturated carbocycles. The average molecular weight is 330 g/mol. The van der Waals surface area contributed by atoms with E-state index in [9.17, 15) is 24.0 Å². The van der Waals surface area contributed by atoms with Gasteiger partial charge in [-0.25, -0.2) is 4.79 Å². The van der Waals surface area contributed by atoms with Crippen LogP contribution in [0.2, 0.25) is 0 Å². The summed E-state index contributed by atoms with van der Waals surface area (Å²) in [6, 6.07) is 2.87. The lowest BCUT2D eigenvalue weighted by Gasteiger charge is -2.27. The highest BCUT2D eigenvalue weighted by Crippen LogP contribution is 2.29. The molecule has 2 heterocycles. The third-order valence-electron chi connectivity index (χ3n) is 4.01. The van der Waals surface area contributed by atoms with Crippen LogP contribution in [-0.4, -0.2) is 40.6 Å². The van der Waals surface area contributed by atoms with Gasteiger partial charge in [-0.15, -0.1) is 0 Å². The number of fused-ring (bicyclic) bond motifs is 1. The first-order chi connectivity index (χ1) is 11.4. The zero-order valence-electron chi connectivity index (χ0n) is 12.5. The molecule has 0 aromatic heterocycles. The van der Waals surface area contributed by atoms with Crippen LogP contribution in [0.1, 0.15) is 39.1 Å². The summed E-state index contributed by atoms with van der Waals surface area (Å²) in [6.45, 7) is -0.0132. The first-order valence-corrected chi connectivity index (χ1v) is 7.27. The maximum absolute atomic E-state index is 12.7. The predicted molar refractivity (Wildman–Crippen MR) is 79.5 cm³/mol. The number of nitrogens with zero attached hydrogens (tertiary/aromatic N) is 1. The van der Waals surface area contributed by atoms with E-state index in [1.165, 1.54) is 6.07 Å². The van der Waals surface area contributed by atoms with E-state index < -0.39 is 35.7 Å². The van der Waals surface area contributed by atoms with Crippen LogP contribution >= 0.6 is 0 Å². The highest BCUT2D eigenvalue weighted by molar-refractivity contribution is 6.24. The topological polar surface area (TPSA) is 139 Å². The number of primary amides is 1. The normalized spacial score (nSPS) is 20.0. The molecule has 9 nitrogen and oxygen atoms in total. The largest absolute Gasteiger partial charge is 0.352 e. The number of rotatable bonds is 3. The number of hydrogen-bond donors (Lipinski definition) is 3. The van der Waals surface area contributed by atoms with Crippen molar-refractivity contribution < 1.29 is 24.0 Å². The van der Waals surface area contributed by atoms with Crippen molar-refractivity contribution in [1.82, 2.24) is 15.5 Å². The minimum absolute atomic E-state index is 0.0132. The van der Waals surface area contributed by atoms with Gasteiger partial charge in [-0.2, -0.15) is 0 Å². The van der Waals surface area contributed by atoms with Gasteiger partial charge >= 0.3 is 6.03 Å². The molecule has 0 radical (unpaired) electrons. The number of imide groups is 2. The number of nitrogens with one attached hydrogen (secondary N) is 2. The van der Waals surface area contributed by atoms with Gasteiger partial charge in [0.2, 0.25) is 11.8 Å². The van der Waals surface area contributed by atoms with Gasteiger partial charge in [0.25, 0.3) is 11.8 Å². The molecule has 2 aliphatic heterocycles. The standard InChI is InChI=1S/C15H14N4O5/c16-15(24)17-6-7-2-1-3-8-11(7)14(23)19(13(8)22)9-4-5-10(20)18-12(9)21/h1-3,9H,4-6H2,(H3,16,17,24)(H,18,20,21). The molecule has 0 bridgehead atoms. The maximum Gasteiger partial charge on any atom is 0.312 e. The summed E-state index contributed by atoms with van der Waals surface area (Å²) in [5.74, 6) is -2.31. The lowest BCUT2D eigenvalue weighted by Crippen LogP contribution is -2.54. The second-order valence-electron chi connectivity index (χ2n) is 5.50. The van der Waals surface area contributed by atoms with Crippen LogP contribution in [-0.2, 0) is 16.1 Å². The number of benzene rings is 1. The number of nitrogens with two attached hydrogens (primary N) is 1. The molecule has 3 rings (SSSR count). The minimum Gasteiger partial charge on any atom is -0.352 e. The molecule has 0 aliphatic carbocycles. The Hall–Kier alpha value is -3.23. The van der Waals surface area contributed by atoms with Gasteiger partial charge in [0, 0.05) is 13.0 Å². The Morgan fingerprint density at radius 1 is 1.25 bits per heavy atom. The van der Waals surface area contributed by atoms with Crippen molar-refractivity contribution in [2.45, 2.75) is 25.4 Å². The van der Waals surface area contributed by atoms with Crippen LogP contribution in [0.15, 0.2) is 18.2 Å². The van der Waals surface area contributed by atoms with Crippen molar-refractivity contribution in [1.29, 1.82) is 0 Å². The Morgan fingerprint density at radius 3 is 2.67 bits per heavy atom. The quantitative estimate of drug-likeness (QED) is 0.626. The van der Waals surface area contributed by atoms with Gasteiger partial charge in [0.05, 0.1) is 11.1 Å². The number of hydrogen-bond acceptors (Lipinski definition) is 5. The van der Waals surface area contributed by atoms with Gasteiger partial charge in [-0.05, 0) is 18.1 Å². The zero-order valence-corrected chi connectivity index (χ0v) is 12.5. The van der Waals surface area contributed by atoms with E-state index in [-0.39, 0.29) is 30.5 Å². The lowest BCUT2D eigenvalue weighted by molar-refractivity contribution is -0.136. The second kappa shape index (κ2) is 5.76. The molecule has 1 aromatic rings. The summed E-state index contributed by atoms with van der Waals surface area (Å²) in [5, 5.41) is 4.50. The molecular weight excluding hydrogens is 316 g/mol. The molecule has 9 heteroatoms. The molecule has 1 aromatic carbocycles. The first-order valence-electron chi connectivity index (χ1n) is 7.27. The summed E-state index contributed by atoms with van der Waals surface area (Å²) in [7, 11) is 0. The van der Waals surface area contributed by atoms with E-state index in [0.29, 0.717) is 5.56 Å². The molecule has 6 amide bonds. The van der Waals surface area contributed by atoms with Gasteiger partial charge in [0.1, 0.15) is 6.04 Å². The monoisotopic (exact) mass is 330 g/mol. The third-order valence-corrected chi connectivity index (χ3v) is 4.01. The Balaban J connectivity index is 1.94. The highest BCUT2D eigenvalue weighted by Gasteiger charge is 2.45. The van der Waals surface area contributed by atoms with E-state index in [1.54, 1.807) is 12.1 Å². The van der Waals surface area contributed by atoms with Crippen molar-refractivity contribution >= 4 is 29.7 Å². The highest BCUT2D eigenvalue weighted by atomic mass is 16.2. The Morgan fingerprint density at radius 2 is 2.00 bits per heavy atom. The van der Waals surface area contributed by atoms with E-state index >= 15 is 0 Å². The SMILES string of the molecule is NC(=O)NCc1cccc2c1C(=O)N(C1CCC(=O)NC1=O)C2=O. The summed E-state index contributed by atoms with van der Waals surface area (Å²) < 4.78 is 0. The fourth-order valence-corrected chi connectivity index (χ4v) is 2.91. The molecule has 1 atom stereocenters. The van der Waals surface area contributed by atoms with Crippen molar-refractivity contribution in [2.24, 2.45) is 5.73 Å². The smallest absolute Gasteiger partial charge is 0.312 e. The predicted octanol–water partition coefficient (Wildman–Crippen LogP) is -0.744. The van der Waals surface area contributed by atoms with E-state index in [4.69, 9.17) is 5.73 Å². The Labute approximate surface area is 136 Å². The maximum atomic E-state index is 12.7. The fourth-order valence-electron chi connectivity index (χ4n) is 2.91. The van der Waals surface area contributed by atoms with Crippen LogP contribution in [0.5, 0.6) is 0 Å². The molecule has 1 fully saturated rings. The molecule has 24 heavy (non-hydrogen) atoms. The van der Waals surface area contributed by atoms with E-state index in [2.05, 4.69) is 10.6 Å². The van der Waals surface area contributed by atoms with Crippen LogP contribution in [0.4, 0.5) is 4.79 Å². The average Bonchev–Trinajstić information content (AvgIpc) is 2.78. The van der Waals surface area contributed by atoms with Gasteiger partial charge < -0.3 is 11.1 Å². The van der Waals surface area contributed by atoms with E-state index in [1.807, 2.05) is 0 Å². The van der Waals surface area contributed by atoms with Gasteiger partial charge in [-0.3, -0.25) is 29.4 Å². The van der Waals surface area contributed by atoms with Crippen LogP contribution in [0.25, 0.3) is 0 Å². The van der Waals surface area contributed by atoms with Crippen LogP contribution in [0, 0.1) is 0 Å². The summed E-state index contributed by atoms with van der Waals surface area (Å²) in [5.41, 5.74) is 5.76. The van der Waals surface area contributed by atoms with Crippen LogP contribution in [0.3, 0.4) is 0 Å². The van der Waals surface area contributed by atoms with E-state index in [0.717, 1.165) is 4.90 Å². The van der Waals surface area contributed by atoms with Crippen molar-refractivity contribution in [3.05, 3.63) is 34.9 Å². The van der Waals surface area contributed by atoms with Crippen LogP contribution < -0.4 is 16.4 Å². The summed E-state index contributed by atoms with van der Waals surface area (Å²) >= 11 is 0. The molecule has 0 spiro atoms. The van der Waals surface area contributed by atoms with Crippen molar-refractivity contribution in [3.63, 3.8) is 0 Å². The molecule has 4 N–H and O–H groups in total. The summed E-state index contributed by atoms with van der Waals surface area (Å²) in [4.78, 5) is 60.2. The Kier molecular flexibility index (Phi) is 3.76. The van der Waals surface area contributed by atoms with Crippen molar-refractivity contribution in [2.75, 3.05) is 0 Å². The number of piperidine rings is 1. The number of amides is 6. The lowest BCUT2D eigenvalue weighted by atomic mass is 10.0. The molecule has 2 aliphatic rings. The number of urea groups is 1. The van der Waals surface area contributed by atoms with Gasteiger partial charge in [-0.1, -0.05) is 12.1 Å². The molecule has 1 saturated heterocycles. The zero-order chi connectivity index (χ0) is 17.4. The fraction of sp³-hybridized carbons (Fsp3) is 0.267. The van der Waals surface area contributed by atoms with Gasteiger partial charge in [0.15, 0.2) is 0 Å². The molecule has 124 valence electrons. The molecule has 1 unspecified atom stereocenters. The Bertz CT molecular complexity index is 788. The first kappa shape index (κ1) is 15.7. The second-order valence-corrected chi connectivity index (χ2v) is 5.50.